The van der Waals surface area contributed by atoms with E-state index in [1.165, 1.54) is 38.8 Å². The van der Waals surface area contributed by atoms with Crippen LogP contribution in [0.2, 0.25) is 0 Å². The number of ether oxygens (including phenoxy) is 2. The number of likely N-dealkylation sites (tertiary alicyclic amines) is 1. The highest BCUT2D eigenvalue weighted by Gasteiger charge is 2.30. The molecule has 0 spiro atoms. The van der Waals surface area contributed by atoms with Gasteiger partial charge < -0.3 is 19.7 Å². The van der Waals surface area contributed by atoms with Crippen molar-refractivity contribution >= 4 is 28.9 Å². The fourth-order valence-electron chi connectivity index (χ4n) is 3.59. The van der Waals surface area contributed by atoms with Gasteiger partial charge in [-0.2, -0.15) is 0 Å². The first-order chi connectivity index (χ1) is 12.7. The summed E-state index contributed by atoms with van der Waals surface area (Å²) in [4.78, 5) is 11.8. The van der Waals surface area contributed by atoms with Crippen molar-refractivity contribution in [3.8, 4) is 0 Å². The van der Waals surface area contributed by atoms with E-state index in [1.54, 1.807) is 14.2 Å². The number of fused-ring (bicyclic) bond motifs is 1. The number of methoxy groups -OCH3 is 2. The molecule has 1 N–H and O–H groups in total. The number of hydrogen-bond acceptors (Lipinski definition) is 5. The smallest absolute Gasteiger partial charge is 0.198 e. The third kappa shape index (κ3) is 4.71. The van der Waals surface area contributed by atoms with Crippen LogP contribution >= 0.6 is 12.2 Å². The zero-order chi connectivity index (χ0) is 18.4. The molecule has 1 atom stereocenters. The summed E-state index contributed by atoms with van der Waals surface area (Å²) in [6.45, 7) is 4.34. The number of aliphatic imine (C=N–C) groups is 2. The molecule has 142 valence electrons. The molecule has 2 heterocycles. The van der Waals surface area contributed by atoms with E-state index in [9.17, 15) is 0 Å². The standard InChI is InChI=1S/C19H28N4O2S/c1-24-16-12-14-15(13-17(16)25-2)21-19(26)22-18(14)20-8-7-11-23-9-5-3-4-6-10-23/h12-14H,3-11H2,1-2H3,(H,20,22,26). The minimum atomic E-state index is -0.0614. The van der Waals surface area contributed by atoms with Crippen molar-refractivity contribution in [3.05, 3.63) is 23.7 Å². The van der Waals surface area contributed by atoms with Gasteiger partial charge in [0.2, 0.25) is 0 Å². The Bertz CT molecular complexity index is 646. The average Bonchev–Trinajstić information content (AvgIpc) is 2.92. The molecule has 0 bridgehead atoms. The first-order valence-electron chi connectivity index (χ1n) is 9.39. The Labute approximate surface area is 161 Å². The number of hydrogen-bond donors (Lipinski definition) is 1. The highest BCUT2D eigenvalue weighted by molar-refractivity contribution is 7.80. The summed E-state index contributed by atoms with van der Waals surface area (Å²) in [6, 6.07) is 0. The van der Waals surface area contributed by atoms with Crippen molar-refractivity contribution in [2.75, 3.05) is 40.4 Å². The van der Waals surface area contributed by atoms with Crippen molar-refractivity contribution < 1.29 is 9.47 Å². The molecule has 1 unspecified atom stereocenters. The summed E-state index contributed by atoms with van der Waals surface area (Å²) in [5.41, 5.74) is 0.845. The Morgan fingerprint density at radius 2 is 1.92 bits per heavy atom. The van der Waals surface area contributed by atoms with Crippen LogP contribution in [0.25, 0.3) is 0 Å². The summed E-state index contributed by atoms with van der Waals surface area (Å²) in [7, 11) is 3.26. The van der Waals surface area contributed by atoms with Crippen molar-refractivity contribution in [1.29, 1.82) is 0 Å². The van der Waals surface area contributed by atoms with Crippen molar-refractivity contribution in [2.45, 2.75) is 32.1 Å². The van der Waals surface area contributed by atoms with Gasteiger partial charge in [-0.15, -0.1) is 0 Å². The second-order valence-corrected chi connectivity index (χ2v) is 7.16. The predicted octanol–water partition coefficient (Wildman–Crippen LogP) is 2.67. The van der Waals surface area contributed by atoms with Crippen LogP contribution in [-0.4, -0.2) is 62.0 Å². The molecule has 0 aromatic rings. The van der Waals surface area contributed by atoms with Crippen LogP contribution in [0.3, 0.4) is 0 Å². The van der Waals surface area contributed by atoms with Crippen molar-refractivity contribution in [3.63, 3.8) is 0 Å². The SMILES string of the molecule is COC1=CC2=NC(=S)NC(=NCCCN3CCCCCC3)C2C=C1OC. The lowest BCUT2D eigenvalue weighted by molar-refractivity contribution is 0.218. The lowest BCUT2D eigenvalue weighted by atomic mass is 9.94. The molecular formula is C19H28N4O2S. The molecule has 3 aliphatic rings. The van der Waals surface area contributed by atoms with E-state index in [0.29, 0.717) is 16.6 Å². The maximum absolute atomic E-state index is 5.43. The normalized spacial score (nSPS) is 25.5. The Hall–Kier alpha value is -1.73. The molecule has 6 nitrogen and oxygen atoms in total. The van der Waals surface area contributed by atoms with Crippen LogP contribution in [0.1, 0.15) is 32.1 Å². The van der Waals surface area contributed by atoms with Crippen LogP contribution in [0, 0.1) is 5.92 Å². The molecule has 0 radical (unpaired) electrons. The molecule has 0 amide bonds. The molecular weight excluding hydrogens is 348 g/mol. The quantitative estimate of drug-likeness (QED) is 0.570. The summed E-state index contributed by atoms with van der Waals surface area (Å²) < 4.78 is 10.8. The second-order valence-electron chi connectivity index (χ2n) is 6.77. The van der Waals surface area contributed by atoms with Gasteiger partial charge in [0.15, 0.2) is 16.6 Å². The van der Waals surface area contributed by atoms with Gasteiger partial charge in [-0.25, -0.2) is 4.99 Å². The first kappa shape index (κ1) is 19.0. The van der Waals surface area contributed by atoms with Gasteiger partial charge in [-0.3, -0.25) is 4.99 Å². The number of rotatable bonds is 6. The van der Waals surface area contributed by atoms with E-state index in [4.69, 9.17) is 26.7 Å². The summed E-state index contributed by atoms with van der Waals surface area (Å²) in [5.74, 6) is 2.14. The summed E-state index contributed by atoms with van der Waals surface area (Å²) >= 11 is 5.27. The first-order valence-corrected chi connectivity index (χ1v) is 9.80. The highest BCUT2D eigenvalue weighted by atomic mass is 32.1. The number of nitrogens with zero attached hydrogens (tertiary/aromatic N) is 3. The number of thiocarbonyl (C=S) groups is 1. The fraction of sp³-hybridized carbons (Fsp3) is 0.632. The van der Waals surface area contributed by atoms with E-state index in [1.807, 2.05) is 12.2 Å². The number of allylic oxidation sites excluding steroid dienone is 1. The summed E-state index contributed by atoms with van der Waals surface area (Å²) in [6.07, 6.45) is 10.3. The van der Waals surface area contributed by atoms with Crippen molar-refractivity contribution in [2.24, 2.45) is 15.9 Å². The topological polar surface area (TPSA) is 58.5 Å². The highest BCUT2D eigenvalue weighted by Crippen LogP contribution is 2.25. The second kappa shape index (κ2) is 9.28. The number of nitrogens with one attached hydrogen (secondary N) is 1. The molecule has 0 aromatic heterocycles. The zero-order valence-electron chi connectivity index (χ0n) is 15.7. The third-order valence-corrected chi connectivity index (χ3v) is 5.17. The van der Waals surface area contributed by atoms with Crippen molar-refractivity contribution in [1.82, 2.24) is 10.2 Å². The minimum absolute atomic E-state index is 0.0614. The molecule has 7 heteroatoms. The van der Waals surface area contributed by atoms with Crippen LogP contribution in [0.5, 0.6) is 0 Å². The van der Waals surface area contributed by atoms with Crippen LogP contribution in [0.4, 0.5) is 0 Å². The molecule has 1 fully saturated rings. The molecule has 26 heavy (non-hydrogen) atoms. The molecule has 1 saturated heterocycles. The predicted molar refractivity (Wildman–Crippen MR) is 109 cm³/mol. The van der Waals surface area contributed by atoms with E-state index in [0.717, 1.165) is 31.1 Å². The Kier molecular flexibility index (Phi) is 6.80. The van der Waals surface area contributed by atoms with Crippen LogP contribution in [0.15, 0.2) is 33.7 Å². The van der Waals surface area contributed by atoms with Gasteiger partial charge in [0, 0.05) is 12.6 Å². The number of amidine groups is 1. The van der Waals surface area contributed by atoms with E-state index < -0.39 is 0 Å². The third-order valence-electron chi connectivity index (χ3n) is 4.97. The summed E-state index contributed by atoms with van der Waals surface area (Å²) in [5, 5.41) is 3.60. The largest absolute Gasteiger partial charge is 0.493 e. The van der Waals surface area contributed by atoms with Gasteiger partial charge in [-0.1, -0.05) is 12.8 Å². The van der Waals surface area contributed by atoms with Gasteiger partial charge in [0.05, 0.1) is 25.8 Å². The molecule has 0 saturated carbocycles. The molecule has 1 aliphatic carbocycles. The van der Waals surface area contributed by atoms with Crippen LogP contribution < -0.4 is 5.32 Å². The van der Waals surface area contributed by atoms with Crippen LogP contribution in [-0.2, 0) is 9.47 Å². The van der Waals surface area contributed by atoms with Gasteiger partial charge in [0.25, 0.3) is 0 Å². The fourth-order valence-corrected chi connectivity index (χ4v) is 3.80. The van der Waals surface area contributed by atoms with Gasteiger partial charge >= 0.3 is 0 Å². The molecule has 0 aromatic carbocycles. The Balaban J connectivity index is 1.63. The van der Waals surface area contributed by atoms with E-state index in [2.05, 4.69) is 15.2 Å². The maximum Gasteiger partial charge on any atom is 0.198 e. The zero-order valence-corrected chi connectivity index (χ0v) is 16.5. The van der Waals surface area contributed by atoms with E-state index >= 15 is 0 Å². The maximum atomic E-state index is 5.43. The van der Waals surface area contributed by atoms with Gasteiger partial charge in [0.1, 0.15) is 5.84 Å². The average molecular weight is 377 g/mol. The monoisotopic (exact) mass is 376 g/mol. The molecule has 2 aliphatic heterocycles. The Morgan fingerprint density at radius 3 is 2.62 bits per heavy atom. The Morgan fingerprint density at radius 1 is 1.19 bits per heavy atom. The van der Waals surface area contributed by atoms with E-state index in [-0.39, 0.29) is 5.92 Å². The molecule has 3 rings (SSSR count). The minimum Gasteiger partial charge on any atom is -0.493 e. The lowest BCUT2D eigenvalue weighted by Gasteiger charge is -2.27. The lowest BCUT2D eigenvalue weighted by Crippen LogP contribution is -2.43. The van der Waals surface area contributed by atoms with Gasteiger partial charge in [-0.05, 0) is 57.2 Å².